The van der Waals surface area contributed by atoms with Crippen LogP contribution >= 0.6 is 15.9 Å². The molecule has 5 heteroatoms. The molecule has 1 heterocycles. The predicted octanol–water partition coefficient (Wildman–Crippen LogP) is 4.16. The first-order valence-electron chi connectivity index (χ1n) is 7.69. The molecule has 0 aliphatic heterocycles. The lowest BCUT2D eigenvalue weighted by atomic mass is 9.90. The van der Waals surface area contributed by atoms with E-state index in [9.17, 15) is 0 Å². The van der Waals surface area contributed by atoms with E-state index in [2.05, 4.69) is 38.2 Å². The summed E-state index contributed by atoms with van der Waals surface area (Å²) >= 11 is 3.70. The van der Waals surface area contributed by atoms with Gasteiger partial charge in [-0.1, -0.05) is 21.1 Å². The summed E-state index contributed by atoms with van der Waals surface area (Å²) in [7, 11) is 0. The minimum Gasteiger partial charge on any atom is -0.391 e. The number of hydrogen-bond acceptors (Lipinski definition) is 3. The molecule has 4 nitrogen and oxygen atoms in total. The van der Waals surface area contributed by atoms with Gasteiger partial charge in [0.05, 0.1) is 0 Å². The molecular weight excluding hydrogens is 342 g/mol. The van der Waals surface area contributed by atoms with Crippen LogP contribution in [-0.4, -0.2) is 21.5 Å². The molecule has 2 aromatic rings. The van der Waals surface area contributed by atoms with Crippen molar-refractivity contribution < 1.29 is 4.84 Å². The lowest BCUT2D eigenvalue weighted by Crippen LogP contribution is -2.16. The second kappa shape index (κ2) is 6.65. The Bertz CT molecular complexity index is 677. The van der Waals surface area contributed by atoms with Gasteiger partial charge in [0.25, 0.3) is 0 Å². The third-order valence-electron chi connectivity index (χ3n) is 3.77. The van der Waals surface area contributed by atoms with Crippen molar-refractivity contribution in [3.05, 3.63) is 52.0 Å². The maximum atomic E-state index is 5.50. The smallest absolute Gasteiger partial charge is 0.185 e. The highest BCUT2D eigenvalue weighted by Crippen LogP contribution is 2.28. The molecule has 1 aliphatic carbocycles. The van der Waals surface area contributed by atoms with Crippen LogP contribution in [0, 0.1) is 0 Å². The first kappa shape index (κ1) is 15.3. The monoisotopic (exact) mass is 361 g/mol. The SMILES string of the molecule is CC(C)O/N=C(/c1cc2c(cc1Br)CCCC2)n1ccnc1. The number of nitrogens with zero attached hydrogens (tertiary/aromatic N) is 3. The largest absolute Gasteiger partial charge is 0.391 e. The summed E-state index contributed by atoms with van der Waals surface area (Å²) in [5.74, 6) is 0.756. The van der Waals surface area contributed by atoms with E-state index in [0.29, 0.717) is 0 Å². The number of oxime groups is 1. The van der Waals surface area contributed by atoms with Crippen molar-refractivity contribution in [3.63, 3.8) is 0 Å². The van der Waals surface area contributed by atoms with Gasteiger partial charge in [-0.3, -0.25) is 4.57 Å². The van der Waals surface area contributed by atoms with Crippen LogP contribution < -0.4 is 0 Å². The number of rotatable bonds is 3. The Hall–Kier alpha value is -1.62. The molecule has 0 saturated carbocycles. The van der Waals surface area contributed by atoms with Gasteiger partial charge in [-0.2, -0.15) is 0 Å². The molecule has 0 radical (unpaired) electrons. The molecule has 1 aromatic carbocycles. The van der Waals surface area contributed by atoms with Gasteiger partial charge < -0.3 is 4.84 Å². The number of halogens is 1. The second-order valence-electron chi connectivity index (χ2n) is 5.85. The molecule has 1 aromatic heterocycles. The van der Waals surface area contributed by atoms with Crippen LogP contribution in [0.4, 0.5) is 0 Å². The Morgan fingerprint density at radius 2 is 2.00 bits per heavy atom. The van der Waals surface area contributed by atoms with E-state index in [0.717, 1.165) is 28.7 Å². The van der Waals surface area contributed by atoms with Crippen molar-refractivity contribution >= 4 is 21.8 Å². The zero-order chi connectivity index (χ0) is 15.5. The van der Waals surface area contributed by atoms with E-state index in [1.165, 1.54) is 24.0 Å². The molecular formula is C17H20BrN3O. The van der Waals surface area contributed by atoms with Gasteiger partial charge in [-0.25, -0.2) is 4.98 Å². The first-order chi connectivity index (χ1) is 10.6. The Morgan fingerprint density at radius 3 is 2.64 bits per heavy atom. The topological polar surface area (TPSA) is 39.4 Å². The molecule has 0 saturated heterocycles. The zero-order valence-electron chi connectivity index (χ0n) is 12.9. The number of aromatic nitrogens is 2. The Kier molecular flexibility index (Phi) is 4.62. The van der Waals surface area contributed by atoms with Crippen LogP contribution in [0.25, 0.3) is 0 Å². The standard InChI is InChI=1S/C17H20BrN3O/c1-12(2)22-20-17(21-8-7-19-11-21)15-9-13-5-3-4-6-14(13)10-16(15)18/h7-12H,3-6H2,1-2H3/b20-17-. The molecule has 0 unspecified atom stereocenters. The number of imidazole rings is 1. The summed E-state index contributed by atoms with van der Waals surface area (Å²) in [4.78, 5) is 9.62. The van der Waals surface area contributed by atoms with Crippen molar-refractivity contribution in [3.8, 4) is 0 Å². The highest BCUT2D eigenvalue weighted by Gasteiger charge is 2.17. The molecule has 0 N–H and O–H groups in total. The lowest BCUT2D eigenvalue weighted by Gasteiger charge is -2.19. The Morgan fingerprint density at radius 1 is 1.27 bits per heavy atom. The van der Waals surface area contributed by atoms with Gasteiger partial charge in [0.1, 0.15) is 12.4 Å². The minimum absolute atomic E-state index is 0.0370. The number of aryl methyl sites for hydroxylation is 2. The molecule has 0 bridgehead atoms. The van der Waals surface area contributed by atoms with Crippen LogP contribution in [0.3, 0.4) is 0 Å². The first-order valence-corrected chi connectivity index (χ1v) is 8.48. The third kappa shape index (κ3) is 3.24. The molecule has 0 spiro atoms. The quantitative estimate of drug-likeness (QED) is 0.467. The fraction of sp³-hybridized carbons (Fsp3) is 0.412. The molecule has 22 heavy (non-hydrogen) atoms. The van der Waals surface area contributed by atoms with Gasteiger partial charge >= 0.3 is 0 Å². The van der Waals surface area contributed by atoms with Gasteiger partial charge in [0.15, 0.2) is 5.84 Å². The van der Waals surface area contributed by atoms with Crippen molar-refractivity contribution in [1.82, 2.24) is 9.55 Å². The highest BCUT2D eigenvalue weighted by molar-refractivity contribution is 9.10. The molecule has 1 aliphatic rings. The number of hydrogen-bond donors (Lipinski definition) is 0. The zero-order valence-corrected chi connectivity index (χ0v) is 14.5. The fourth-order valence-electron chi connectivity index (χ4n) is 2.70. The second-order valence-corrected chi connectivity index (χ2v) is 6.70. The molecule has 0 atom stereocenters. The van der Waals surface area contributed by atoms with Gasteiger partial charge in [0, 0.05) is 22.4 Å². The summed E-state index contributed by atoms with van der Waals surface area (Å²) in [6.45, 7) is 3.94. The van der Waals surface area contributed by atoms with E-state index in [1.807, 2.05) is 24.6 Å². The predicted molar refractivity (Wildman–Crippen MR) is 91.2 cm³/mol. The average Bonchev–Trinajstić information content (AvgIpc) is 3.01. The van der Waals surface area contributed by atoms with Gasteiger partial charge in [-0.15, -0.1) is 0 Å². The normalized spacial score (nSPS) is 15.0. The average molecular weight is 362 g/mol. The Labute approximate surface area is 139 Å². The highest BCUT2D eigenvalue weighted by atomic mass is 79.9. The van der Waals surface area contributed by atoms with Crippen LogP contribution in [0.5, 0.6) is 0 Å². The van der Waals surface area contributed by atoms with Crippen LogP contribution in [-0.2, 0) is 17.7 Å². The molecule has 3 rings (SSSR count). The van der Waals surface area contributed by atoms with Crippen molar-refractivity contribution in [2.24, 2.45) is 5.16 Å². The molecule has 116 valence electrons. The van der Waals surface area contributed by atoms with Gasteiger partial charge in [0.2, 0.25) is 0 Å². The van der Waals surface area contributed by atoms with E-state index < -0.39 is 0 Å². The van der Waals surface area contributed by atoms with Crippen molar-refractivity contribution in [2.45, 2.75) is 45.6 Å². The maximum Gasteiger partial charge on any atom is 0.185 e. The summed E-state index contributed by atoms with van der Waals surface area (Å²) < 4.78 is 2.94. The number of benzene rings is 1. The summed E-state index contributed by atoms with van der Waals surface area (Å²) in [5.41, 5.74) is 3.90. The molecule has 0 fully saturated rings. The fourth-order valence-corrected chi connectivity index (χ4v) is 3.27. The van der Waals surface area contributed by atoms with E-state index >= 15 is 0 Å². The lowest BCUT2D eigenvalue weighted by molar-refractivity contribution is 0.0853. The van der Waals surface area contributed by atoms with Crippen molar-refractivity contribution in [1.29, 1.82) is 0 Å². The van der Waals surface area contributed by atoms with Crippen LogP contribution in [0.1, 0.15) is 43.4 Å². The summed E-state index contributed by atoms with van der Waals surface area (Å²) in [6, 6.07) is 4.47. The maximum absolute atomic E-state index is 5.50. The van der Waals surface area contributed by atoms with Crippen LogP contribution in [0.15, 0.2) is 40.5 Å². The number of fused-ring (bicyclic) bond motifs is 1. The summed E-state index contributed by atoms with van der Waals surface area (Å²) in [6.07, 6.45) is 10.2. The van der Waals surface area contributed by atoms with Crippen molar-refractivity contribution in [2.75, 3.05) is 0 Å². The van der Waals surface area contributed by atoms with Gasteiger partial charge in [-0.05, 0) is 62.8 Å². The summed E-state index contributed by atoms with van der Waals surface area (Å²) in [5, 5.41) is 4.36. The van der Waals surface area contributed by atoms with E-state index in [-0.39, 0.29) is 6.10 Å². The third-order valence-corrected chi connectivity index (χ3v) is 4.43. The van der Waals surface area contributed by atoms with E-state index in [4.69, 9.17) is 4.84 Å². The minimum atomic E-state index is 0.0370. The van der Waals surface area contributed by atoms with E-state index in [1.54, 1.807) is 12.5 Å². The Balaban J connectivity index is 2.06. The van der Waals surface area contributed by atoms with Crippen LogP contribution in [0.2, 0.25) is 0 Å². The molecule has 0 amide bonds.